The summed E-state index contributed by atoms with van der Waals surface area (Å²) in [6, 6.07) is 4.93. The molecule has 0 bridgehead atoms. The first kappa shape index (κ1) is 23.5. The van der Waals surface area contributed by atoms with Crippen LogP contribution in [0.2, 0.25) is 0 Å². The molecule has 0 fully saturated rings. The van der Waals surface area contributed by atoms with E-state index >= 15 is 0 Å². The zero-order valence-electron chi connectivity index (χ0n) is 18.2. The first-order valence-corrected chi connectivity index (χ1v) is 9.41. The number of rotatable bonds is 6. The van der Waals surface area contributed by atoms with Gasteiger partial charge in [0.15, 0.2) is 0 Å². The van der Waals surface area contributed by atoms with Crippen LogP contribution in [-0.2, 0) is 14.3 Å². The second kappa shape index (κ2) is 9.57. The molecule has 0 aliphatic carbocycles. The maximum absolute atomic E-state index is 12.8. The minimum atomic E-state index is -0.797. The van der Waals surface area contributed by atoms with Crippen molar-refractivity contribution in [3.63, 3.8) is 0 Å². The molecule has 1 unspecified atom stereocenters. The van der Waals surface area contributed by atoms with Crippen molar-refractivity contribution in [2.24, 2.45) is 0 Å². The van der Waals surface area contributed by atoms with E-state index in [0.29, 0.717) is 0 Å². The van der Waals surface area contributed by atoms with Crippen molar-refractivity contribution in [3.05, 3.63) is 34.9 Å². The van der Waals surface area contributed by atoms with Gasteiger partial charge in [-0.2, -0.15) is 0 Å². The molecule has 0 saturated carbocycles. The van der Waals surface area contributed by atoms with E-state index in [1.54, 1.807) is 27.8 Å². The number of likely N-dealkylation sites (N-methyl/N-ethyl adjacent to an activating group) is 1. The zero-order valence-corrected chi connectivity index (χ0v) is 18.2. The van der Waals surface area contributed by atoms with Crippen molar-refractivity contribution < 1.29 is 19.1 Å². The van der Waals surface area contributed by atoms with E-state index in [2.05, 4.69) is 10.6 Å². The number of ether oxygens (including phenoxy) is 1. The predicted octanol–water partition coefficient (Wildman–Crippen LogP) is 2.85. The summed E-state index contributed by atoms with van der Waals surface area (Å²) in [6.07, 6.45) is -0.677. The Bertz CT molecular complexity index is 703. The van der Waals surface area contributed by atoms with Crippen LogP contribution in [0.25, 0.3) is 0 Å². The van der Waals surface area contributed by atoms with E-state index in [9.17, 15) is 14.4 Å². The fraction of sp³-hybridized carbons (Fsp3) is 0.571. The van der Waals surface area contributed by atoms with Crippen molar-refractivity contribution in [3.8, 4) is 0 Å². The number of hydrogen-bond acceptors (Lipinski definition) is 4. The number of amides is 3. The van der Waals surface area contributed by atoms with Crippen molar-refractivity contribution >= 4 is 17.9 Å². The highest BCUT2D eigenvalue weighted by Gasteiger charge is 2.29. The number of nitrogens with one attached hydrogen (secondary N) is 2. The number of aryl methyl sites for hydroxylation is 2. The summed E-state index contributed by atoms with van der Waals surface area (Å²) in [6.45, 7) is 12.6. The van der Waals surface area contributed by atoms with Gasteiger partial charge in [0.1, 0.15) is 18.2 Å². The van der Waals surface area contributed by atoms with E-state index in [1.807, 2.05) is 45.9 Å². The molecule has 7 heteroatoms. The highest BCUT2D eigenvalue weighted by molar-refractivity contribution is 5.90. The number of hydrogen-bond donors (Lipinski definition) is 2. The summed E-state index contributed by atoms with van der Waals surface area (Å²) in [5.74, 6) is -0.665. The molecule has 0 saturated heterocycles. The van der Waals surface area contributed by atoms with E-state index < -0.39 is 23.6 Å². The van der Waals surface area contributed by atoms with Gasteiger partial charge >= 0.3 is 6.09 Å². The first-order chi connectivity index (χ1) is 12.8. The minimum absolute atomic E-state index is 0.0655. The van der Waals surface area contributed by atoms with Crippen LogP contribution in [0.5, 0.6) is 0 Å². The Morgan fingerprint density at radius 3 is 2.07 bits per heavy atom. The van der Waals surface area contributed by atoms with Crippen LogP contribution in [0.4, 0.5) is 4.79 Å². The molecule has 3 amide bonds. The smallest absolute Gasteiger partial charge is 0.408 e. The summed E-state index contributed by atoms with van der Waals surface area (Å²) < 4.78 is 5.14. The first-order valence-electron chi connectivity index (χ1n) is 9.41. The van der Waals surface area contributed by atoms with E-state index in [-0.39, 0.29) is 18.5 Å². The van der Waals surface area contributed by atoms with Crippen molar-refractivity contribution in [1.82, 2.24) is 15.5 Å². The molecule has 7 nitrogen and oxygen atoms in total. The Kier molecular flexibility index (Phi) is 8.02. The van der Waals surface area contributed by atoms with Crippen molar-refractivity contribution in [2.75, 3.05) is 13.6 Å². The Hall–Kier alpha value is -2.57. The highest BCUT2D eigenvalue weighted by Crippen LogP contribution is 2.23. The van der Waals surface area contributed by atoms with Gasteiger partial charge in [0.05, 0.1) is 0 Å². The maximum atomic E-state index is 12.8. The van der Waals surface area contributed by atoms with Gasteiger partial charge in [-0.15, -0.1) is 0 Å². The van der Waals surface area contributed by atoms with Gasteiger partial charge in [0, 0.05) is 13.1 Å². The fourth-order valence-electron chi connectivity index (χ4n) is 2.81. The van der Waals surface area contributed by atoms with Gasteiger partial charge in [-0.25, -0.2) is 4.79 Å². The van der Waals surface area contributed by atoms with E-state index in [1.165, 1.54) is 4.90 Å². The van der Waals surface area contributed by atoms with Gasteiger partial charge in [0.2, 0.25) is 11.8 Å². The summed E-state index contributed by atoms with van der Waals surface area (Å²) in [5.41, 5.74) is 2.08. The molecule has 0 aliphatic heterocycles. The quantitative estimate of drug-likeness (QED) is 0.781. The second-order valence-electron chi connectivity index (χ2n) is 8.35. The van der Waals surface area contributed by atoms with E-state index in [0.717, 1.165) is 16.7 Å². The van der Waals surface area contributed by atoms with Crippen LogP contribution in [0.15, 0.2) is 18.2 Å². The molecule has 2 N–H and O–H groups in total. The van der Waals surface area contributed by atoms with Gasteiger partial charge in [-0.3, -0.25) is 9.59 Å². The number of nitrogens with zero attached hydrogens (tertiary/aromatic N) is 1. The summed E-state index contributed by atoms with van der Waals surface area (Å²) in [5, 5.41) is 5.31. The van der Waals surface area contributed by atoms with Crippen LogP contribution in [-0.4, -0.2) is 48.0 Å². The average Bonchev–Trinajstić information content (AvgIpc) is 2.49. The molecule has 28 heavy (non-hydrogen) atoms. The lowest BCUT2D eigenvalue weighted by molar-refractivity contribution is -0.138. The molecule has 1 atom stereocenters. The van der Waals surface area contributed by atoms with Crippen molar-refractivity contribution in [1.29, 1.82) is 0 Å². The number of benzene rings is 1. The van der Waals surface area contributed by atoms with Crippen LogP contribution in [0.1, 0.15) is 57.4 Å². The standard InChI is InChI=1S/C21H33N3O4/c1-13(2)23-19(26)18(16-10-14(3)9-15(4)11-16)24(8)17(25)12-22-20(27)28-21(5,6)7/h9-11,13,18H,12H2,1-8H3,(H,22,27)(H,23,26). The van der Waals surface area contributed by atoms with Crippen LogP contribution in [0.3, 0.4) is 0 Å². The molecule has 0 radical (unpaired) electrons. The van der Waals surface area contributed by atoms with Gasteiger partial charge < -0.3 is 20.3 Å². The van der Waals surface area contributed by atoms with Gasteiger partial charge in [-0.05, 0) is 54.0 Å². The third-order valence-corrected chi connectivity index (χ3v) is 3.80. The van der Waals surface area contributed by atoms with Crippen LogP contribution < -0.4 is 10.6 Å². The Morgan fingerprint density at radius 2 is 1.61 bits per heavy atom. The summed E-state index contributed by atoms with van der Waals surface area (Å²) in [4.78, 5) is 38.7. The predicted molar refractivity (Wildman–Crippen MR) is 109 cm³/mol. The summed E-state index contributed by atoms with van der Waals surface area (Å²) >= 11 is 0. The normalized spacial score (nSPS) is 12.3. The third-order valence-electron chi connectivity index (χ3n) is 3.80. The molecule has 1 rings (SSSR count). The SMILES string of the molecule is Cc1cc(C)cc(C(C(=O)NC(C)C)N(C)C(=O)CNC(=O)OC(C)(C)C)c1. The monoisotopic (exact) mass is 391 g/mol. The Morgan fingerprint density at radius 1 is 1.07 bits per heavy atom. The number of alkyl carbamates (subject to hydrolysis) is 1. The van der Waals surface area contributed by atoms with Gasteiger partial charge in [-0.1, -0.05) is 29.3 Å². The zero-order chi connectivity index (χ0) is 21.6. The molecular formula is C21H33N3O4. The molecule has 1 aromatic carbocycles. The average molecular weight is 392 g/mol. The van der Waals surface area contributed by atoms with Crippen LogP contribution in [0, 0.1) is 13.8 Å². The molecule has 1 aromatic rings. The second-order valence-corrected chi connectivity index (χ2v) is 8.35. The third kappa shape index (κ3) is 7.58. The Balaban J connectivity index is 3.01. The molecule has 156 valence electrons. The summed E-state index contributed by atoms with van der Waals surface area (Å²) in [7, 11) is 1.56. The van der Waals surface area contributed by atoms with E-state index in [4.69, 9.17) is 4.74 Å². The lowest BCUT2D eigenvalue weighted by Gasteiger charge is -2.29. The molecule has 0 aliphatic rings. The highest BCUT2D eigenvalue weighted by atomic mass is 16.6. The van der Waals surface area contributed by atoms with Crippen LogP contribution >= 0.6 is 0 Å². The Labute approximate surface area is 167 Å². The molecule has 0 heterocycles. The largest absolute Gasteiger partial charge is 0.444 e. The minimum Gasteiger partial charge on any atom is -0.444 e. The van der Waals surface area contributed by atoms with Gasteiger partial charge in [0.25, 0.3) is 0 Å². The molecular weight excluding hydrogens is 358 g/mol. The molecule has 0 spiro atoms. The van der Waals surface area contributed by atoms with Crippen molar-refractivity contribution in [2.45, 2.75) is 66.2 Å². The number of carbonyl (C=O) groups is 3. The lowest BCUT2D eigenvalue weighted by atomic mass is 9.99. The fourth-order valence-corrected chi connectivity index (χ4v) is 2.81. The number of carbonyl (C=O) groups excluding carboxylic acids is 3. The lowest BCUT2D eigenvalue weighted by Crippen LogP contribution is -2.47. The molecule has 0 aromatic heterocycles. The maximum Gasteiger partial charge on any atom is 0.408 e. The topological polar surface area (TPSA) is 87.7 Å².